The quantitative estimate of drug-likeness (QED) is 0.540. The minimum absolute atomic E-state index is 0.176. The van der Waals surface area contributed by atoms with E-state index in [-0.39, 0.29) is 28.5 Å². The van der Waals surface area contributed by atoms with Crippen LogP contribution in [0.15, 0.2) is 24.5 Å². The van der Waals surface area contributed by atoms with Crippen LogP contribution < -0.4 is 10.5 Å². The topological polar surface area (TPSA) is 135 Å². The molecule has 0 saturated carbocycles. The number of phenolic OH excluding ortho intramolecular Hbond substituents is 1. The maximum absolute atomic E-state index is 11.9. The van der Waals surface area contributed by atoms with Crippen molar-refractivity contribution in [1.82, 2.24) is 9.97 Å². The number of aromatic nitrogens is 2. The third-order valence-electron chi connectivity index (χ3n) is 2.42. The Morgan fingerprint density at radius 3 is 2.80 bits per heavy atom. The van der Waals surface area contributed by atoms with Gasteiger partial charge in [-0.05, 0) is 18.2 Å². The molecule has 0 bridgehead atoms. The number of hydrogen-bond donors (Lipinski definition) is 3. The Morgan fingerprint density at radius 2 is 2.15 bits per heavy atom. The van der Waals surface area contributed by atoms with Gasteiger partial charge in [0.15, 0.2) is 5.69 Å². The molecule has 8 heteroatoms. The number of benzene rings is 1. The van der Waals surface area contributed by atoms with Gasteiger partial charge in [0.2, 0.25) is 0 Å². The van der Waals surface area contributed by atoms with E-state index in [1.165, 1.54) is 12.1 Å². The van der Waals surface area contributed by atoms with Gasteiger partial charge in [-0.2, -0.15) is 0 Å². The van der Waals surface area contributed by atoms with Crippen LogP contribution in [0.4, 0.5) is 0 Å². The van der Waals surface area contributed by atoms with Gasteiger partial charge in [0.05, 0.1) is 6.33 Å². The first kappa shape index (κ1) is 13.3. The number of carbonyl (C=O) groups is 3. The van der Waals surface area contributed by atoms with E-state index in [0.717, 1.165) is 12.4 Å². The van der Waals surface area contributed by atoms with Crippen molar-refractivity contribution >= 4 is 18.2 Å². The first-order valence-electron chi connectivity index (χ1n) is 5.36. The molecular weight excluding hydrogens is 266 g/mol. The van der Waals surface area contributed by atoms with E-state index in [1.807, 2.05) is 0 Å². The first-order valence-corrected chi connectivity index (χ1v) is 5.36. The average Bonchev–Trinajstić information content (AvgIpc) is 2.87. The smallest absolute Gasteiger partial charge is 0.348 e. The molecule has 0 atom stereocenters. The van der Waals surface area contributed by atoms with Crippen LogP contribution in [0.1, 0.15) is 31.2 Å². The predicted molar refractivity (Wildman–Crippen MR) is 65.6 cm³/mol. The average molecular weight is 275 g/mol. The second-order valence-electron chi connectivity index (χ2n) is 3.73. The zero-order valence-corrected chi connectivity index (χ0v) is 9.99. The number of imidazole rings is 1. The number of nitrogens with zero attached hydrogens (tertiary/aromatic N) is 1. The van der Waals surface area contributed by atoms with Gasteiger partial charge < -0.3 is 20.6 Å². The molecule has 1 aromatic carbocycles. The highest BCUT2D eigenvalue weighted by atomic mass is 16.5. The van der Waals surface area contributed by atoms with E-state index in [0.29, 0.717) is 6.29 Å². The number of aromatic hydroxyl groups is 1. The van der Waals surface area contributed by atoms with Crippen LogP contribution in [0, 0.1) is 0 Å². The van der Waals surface area contributed by atoms with Crippen molar-refractivity contribution in [2.75, 3.05) is 0 Å². The van der Waals surface area contributed by atoms with Crippen molar-refractivity contribution in [3.63, 3.8) is 0 Å². The van der Waals surface area contributed by atoms with E-state index in [9.17, 15) is 19.5 Å². The number of phenols is 1. The zero-order chi connectivity index (χ0) is 14.7. The Hall–Kier alpha value is -3.16. The largest absolute Gasteiger partial charge is 0.507 e. The van der Waals surface area contributed by atoms with Gasteiger partial charge in [0.1, 0.15) is 17.6 Å². The number of esters is 1. The van der Waals surface area contributed by atoms with E-state index in [2.05, 4.69) is 9.97 Å². The fourth-order valence-corrected chi connectivity index (χ4v) is 1.47. The summed E-state index contributed by atoms with van der Waals surface area (Å²) in [7, 11) is 0. The molecule has 0 spiro atoms. The number of nitrogens with two attached hydrogens (primary N) is 1. The number of H-pyrrole nitrogens is 1. The van der Waals surface area contributed by atoms with Gasteiger partial charge in [-0.25, -0.2) is 9.78 Å². The summed E-state index contributed by atoms with van der Waals surface area (Å²) >= 11 is 0. The van der Waals surface area contributed by atoms with Gasteiger partial charge in [-0.3, -0.25) is 9.59 Å². The number of amides is 1. The molecule has 0 aliphatic carbocycles. The van der Waals surface area contributed by atoms with Gasteiger partial charge in [0.25, 0.3) is 11.8 Å². The highest BCUT2D eigenvalue weighted by Crippen LogP contribution is 2.21. The number of aldehydes is 1. The lowest BCUT2D eigenvalue weighted by Crippen LogP contribution is -2.16. The van der Waals surface area contributed by atoms with Crippen LogP contribution in [-0.2, 0) is 0 Å². The molecule has 1 amide bonds. The molecule has 2 rings (SSSR count). The van der Waals surface area contributed by atoms with Gasteiger partial charge in [-0.1, -0.05) is 0 Å². The van der Waals surface area contributed by atoms with Crippen LogP contribution in [0.25, 0.3) is 0 Å². The lowest BCUT2D eigenvalue weighted by molar-refractivity contribution is 0.0723. The van der Waals surface area contributed by atoms with Crippen molar-refractivity contribution < 1.29 is 24.2 Å². The highest BCUT2D eigenvalue weighted by molar-refractivity contribution is 5.98. The number of aromatic amines is 1. The predicted octanol–water partition coefficient (Wildman–Crippen LogP) is 0.246. The monoisotopic (exact) mass is 275 g/mol. The summed E-state index contributed by atoms with van der Waals surface area (Å²) in [4.78, 5) is 39.6. The van der Waals surface area contributed by atoms with Crippen LogP contribution >= 0.6 is 0 Å². The maximum atomic E-state index is 11.9. The van der Waals surface area contributed by atoms with E-state index in [1.54, 1.807) is 0 Å². The lowest BCUT2D eigenvalue weighted by atomic mass is 10.1. The molecule has 0 unspecified atom stereocenters. The Morgan fingerprint density at radius 1 is 1.40 bits per heavy atom. The molecule has 0 aliphatic rings. The van der Waals surface area contributed by atoms with Gasteiger partial charge >= 0.3 is 5.97 Å². The molecule has 0 saturated heterocycles. The highest BCUT2D eigenvalue weighted by Gasteiger charge is 2.19. The van der Waals surface area contributed by atoms with Gasteiger partial charge in [0, 0.05) is 5.56 Å². The number of primary amides is 1. The number of rotatable bonds is 4. The zero-order valence-electron chi connectivity index (χ0n) is 9.99. The molecular formula is C12H9N3O5. The summed E-state index contributed by atoms with van der Waals surface area (Å²) in [6.45, 7) is 0. The minimum Gasteiger partial charge on any atom is -0.507 e. The fraction of sp³-hybridized carbons (Fsp3) is 0. The van der Waals surface area contributed by atoms with Crippen molar-refractivity contribution in [3.8, 4) is 11.6 Å². The fourth-order valence-electron chi connectivity index (χ4n) is 1.47. The molecule has 4 N–H and O–H groups in total. The Kier molecular flexibility index (Phi) is 3.47. The number of ether oxygens (including phenoxy) is 1. The molecule has 102 valence electrons. The number of nitrogens with one attached hydrogen (secondary N) is 1. The second kappa shape index (κ2) is 5.22. The third-order valence-corrected chi connectivity index (χ3v) is 2.42. The Balaban J connectivity index is 2.30. The summed E-state index contributed by atoms with van der Waals surface area (Å²) in [5.74, 6) is -2.49. The second-order valence-corrected chi connectivity index (χ2v) is 3.73. The van der Waals surface area contributed by atoms with E-state index < -0.39 is 11.9 Å². The standard InChI is InChI=1S/C12H9N3O5/c13-10(18)9-11(15-5-14-9)20-12(19)7-3-6(4-16)1-2-8(7)17/h1-5,17H,(H2,13,18)(H,14,15). The summed E-state index contributed by atoms with van der Waals surface area (Å²) in [6, 6.07) is 3.67. The Labute approximate surface area is 112 Å². The normalized spacial score (nSPS) is 10.0. The summed E-state index contributed by atoms with van der Waals surface area (Å²) < 4.78 is 4.86. The van der Waals surface area contributed by atoms with E-state index in [4.69, 9.17) is 10.5 Å². The maximum Gasteiger partial charge on any atom is 0.348 e. The SMILES string of the molecule is NC(=O)c1[nH]cnc1OC(=O)c1cc(C=O)ccc1O. The van der Waals surface area contributed by atoms with Crippen molar-refractivity contribution in [2.24, 2.45) is 5.73 Å². The molecule has 8 nitrogen and oxygen atoms in total. The third kappa shape index (κ3) is 2.48. The van der Waals surface area contributed by atoms with Crippen LogP contribution in [0.5, 0.6) is 11.6 Å². The minimum atomic E-state index is -0.971. The van der Waals surface area contributed by atoms with Crippen molar-refractivity contribution in [1.29, 1.82) is 0 Å². The summed E-state index contributed by atoms with van der Waals surface area (Å²) in [5, 5.41) is 9.57. The number of hydrogen-bond acceptors (Lipinski definition) is 6. The molecule has 1 heterocycles. The van der Waals surface area contributed by atoms with E-state index >= 15 is 0 Å². The Bertz CT molecular complexity index is 692. The van der Waals surface area contributed by atoms with Crippen molar-refractivity contribution in [3.05, 3.63) is 41.3 Å². The molecule has 0 fully saturated rings. The molecule has 1 aromatic heterocycles. The summed E-state index contributed by atoms with van der Waals surface area (Å²) in [5.41, 5.74) is 4.83. The van der Waals surface area contributed by atoms with Crippen LogP contribution in [-0.4, -0.2) is 33.2 Å². The van der Waals surface area contributed by atoms with Crippen molar-refractivity contribution in [2.45, 2.75) is 0 Å². The molecule has 20 heavy (non-hydrogen) atoms. The number of carbonyl (C=O) groups excluding carboxylic acids is 3. The first-order chi connectivity index (χ1) is 9.52. The lowest BCUT2D eigenvalue weighted by Gasteiger charge is -2.05. The van der Waals surface area contributed by atoms with Crippen LogP contribution in [0.2, 0.25) is 0 Å². The van der Waals surface area contributed by atoms with Crippen LogP contribution in [0.3, 0.4) is 0 Å². The summed E-state index contributed by atoms with van der Waals surface area (Å²) in [6.07, 6.45) is 1.64. The molecule has 0 aliphatic heterocycles. The van der Waals surface area contributed by atoms with Gasteiger partial charge in [-0.15, -0.1) is 0 Å². The molecule has 0 radical (unpaired) electrons. The molecule has 2 aromatic rings.